The predicted octanol–water partition coefficient (Wildman–Crippen LogP) is 5.04. The third-order valence-electron chi connectivity index (χ3n) is 4.62. The first-order valence-electron chi connectivity index (χ1n) is 8.85. The van der Waals surface area contributed by atoms with Crippen molar-refractivity contribution in [2.24, 2.45) is 0 Å². The van der Waals surface area contributed by atoms with Crippen LogP contribution in [0.5, 0.6) is 0 Å². The molecule has 0 bridgehead atoms. The van der Waals surface area contributed by atoms with Gasteiger partial charge in [0.2, 0.25) is 5.95 Å². The molecule has 4 N–H and O–H groups in total. The summed E-state index contributed by atoms with van der Waals surface area (Å²) in [6.07, 6.45) is 2.12. The Labute approximate surface area is 169 Å². The maximum Gasteiger partial charge on any atom is 0.201 e. The number of hydrogen-bond acceptors (Lipinski definition) is 4. The van der Waals surface area contributed by atoms with Gasteiger partial charge in [-0.05, 0) is 65.1 Å². The number of nitrogens with zero attached hydrogens (tertiary/aromatic N) is 1. The van der Waals surface area contributed by atoms with E-state index >= 15 is 0 Å². The van der Waals surface area contributed by atoms with Crippen LogP contribution in [0.25, 0.3) is 11.0 Å². The number of imidazole rings is 1. The number of nitrogens with one attached hydrogen (secondary N) is 4. The summed E-state index contributed by atoms with van der Waals surface area (Å²) in [5, 5.41) is 10.6. The van der Waals surface area contributed by atoms with Gasteiger partial charge < -0.3 is 20.9 Å². The molecular weight excluding hydrogens is 458 g/mol. The second-order valence-electron chi connectivity index (χ2n) is 6.46. The molecule has 1 aliphatic rings. The van der Waals surface area contributed by atoms with Crippen molar-refractivity contribution >= 4 is 54.5 Å². The Morgan fingerprint density at radius 2 is 2.04 bits per heavy atom. The number of hydrogen-bond donors (Lipinski definition) is 4. The standard InChI is InChI=1S/C19H21Br2N5/c20-12-10-13-15(6-9-23-18(13)14(21)11-12)22-7-3-8-24-19-25-16-4-1-2-5-17(16)26-19/h1-2,4-5,10-11,15,22-23H,3,6-9H2,(H2,24,25,26)/t15-/m1/s1. The molecule has 0 aliphatic carbocycles. The predicted molar refractivity (Wildman–Crippen MR) is 115 cm³/mol. The Morgan fingerprint density at radius 3 is 2.92 bits per heavy atom. The van der Waals surface area contributed by atoms with E-state index in [1.165, 1.54) is 11.3 Å². The van der Waals surface area contributed by atoms with E-state index in [9.17, 15) is 0 Å². The van der Waals surface area contributed by atoms with Gasteiger partial charge in [-0.2, -0.15) is 0 Å². The zero-order valence-corrected chi connectivity index (χ0v) is 17.5. The molecule has 0 fully saturated rings. The van der Waals surface area contributed by atoms with Crippen molar-refractivity contribution in [2.45, 2.75) is 18.9 Å². The van der Waals surface area contributed by atoms with Crippen molar-refractivity contribution in [1.29, 1.82) is 0 Å². The highest BCUT2D eigenvalue weighted by atomic mass is 79.9. The van der Waals surface area contributed by atoms with Crippen molar-refractivity contribution < 1.29 is 0 Å². The summed E-state index contributed by atoms with van der Waals surface area (Å²) in [5.74, 6) is 0.839. The lowest BCUT2D eigenvalue weighted by atomic mass is 9.98. The first-order chi connectivity index (χ1) is 12.7. The van der Waals surface area contributed by atoms with Crippen molar-refractivity contribution in [3.05, 3.63) is 50.9 Å². The van der Waals surface area contributed by atoms with Gasteiger partial charge in [0.15, 0.2) is 0 Å². The number of aromatic amines is 1. The van der Waals surface area contributed by atoms with Gasteiger partial charge in [0.1, 0.15) is 0 Å². The van der Waals surface area contributed by atoms with Crippen LogP contribution in [0, 0.1) is 0 Å². The summed E-state index contributed by atoms with van der Waals surface area (Å²) in [6, 6.07) is 12.8. The van der Waals surface area contributed by atoms with Crippen LogP contribution >= 0.6 is 31.9 Å². The number of anilines is 2. The van der Waals surface area contributed by atoms with Crippen molar-refractivity contribution in [1.82, 2.24) is 15.3 Å². The minimum absolute atomic E-state index is 0.381. The molecule has 136 valence electrons. The largest absolute Gasteiger partial charge is 0.384 e. The highest BCUT2D eigenvalue weighted by molar-refractivity contribution is 9.11. The quantitative estimate of drug-likeness (QED) is 0.375. The van der Waals surface area contributed by atoms with Gasteiger partial charge in [-0.15, -0.1) is 0 Å². The molecule has 26 heavy (non-hydrogen) atoms. The average molecular weight is 479 g/mol. The minimum Gasteiger partial charge on any atom is -0.384 e. The van der Waals surface area contributed by atoms with Gasteiger partial charge in [-0.1, -0.05) is 28.1 Å². The van der Waals surface area contributed by atoms with E-state index in [4.69, 9.17) is 0 Å². The number of fused-ring (bicyclic) bond motifs is 2. The van der Waals surface area contributed by atoms with E-state index in [1.807, 2.05) is 24.3 Å². The summed E-state index contributed by atoms with van der Waals surface area (Å²) in [4.78, 5) is 7.84. The number of rotatable bonds is 6. The smallest absolute Gasteiger partial charge is 0.201 e. The highest BCUT2D eigenvalue weighted by Crippen LogP contribution is 2.38. The Kier molecular flexibility index (Phi) is 5.47. The fourth-order valence-electron chi connectivity index (χ4n) is 3.37. The molecule has 3 aromatic rings. The minimum atomic E-state index is 0.381. The summed E-state index contributed by atoms with van der Waals surface area (Å²) < 4.78 is 2.21. The summed E-state index contributed by atoms with van der Waals surface area (Å²) in [5.41, 5.74) is 4.59. The number of aromatic nitrogens is 2. The van der Waals surface area contributed by atoms with E-state index in [0.717, 1.165) is 58.4 Å². The van der Waals surface area contributed by atoms with Crippen LogP contribution < -0.4 is 16.0 Å². The lowest BCUT2D eigenvalue weighted by molar-refractivity contribution is 0.497. The van der Waals surface area contributed by atoms with Gasteiger partial charge in [0, 0.05) is 28.1 Å². The third-order valence-corrected chi connectivity index (χ3v) is 5.71. The second kappa shape index (κ2) is 7.98. The number of H-pyrrole nitrogens is 1. The summed E-state index contributed by atoms with van der Waals surface area (Å²) >= 11 is 7.25. The van der Waals surface area contributed by atoms with Gasteiger partial charge in [-0.3, -0.25) is 0 Å². The third kappa shape index (κ3) is 3.89. The van der Waals surface area contributed by atoms with Gasteiger partial charge in [0.05, 0.1) is 16.7 Å². The van der Waals surface area contributed by atoms with Gasteiger partial charge >= 0.3 is 0 Å². The molecule has 0 unspecified atom stereocenters. The van der Waals surface area contributed by atoms with Crippen LogP contribution in [-0.4, -0.2) is 29.6 Å². The first-order valence-corrected chi connectivity index (χ1v) is 10.4. The molecule has 0 radical (unpaired) electrons. The van der Waals surface area contributed by atoms with Crippen LogP contribution in [-0.2, 0) is 0 Å². The fourth-order valence-corrected chi connectivity index (χ4v) is 4.77. The normalized spacial score (nSPS) is 16.3. The molecule has 0 saturated heterocycles. The van der Waals surface area contributed by atoms with Crippen LogP contribution in [0.4, 0.5) is 11.6 Å². The Balaban J connectivity index is 1.29. The Morgan fingerprint density at radius 1 is 1.15 bits per heavy atom. The summed E-state index contributed by atoms with van der Waals surface area (Å²) in [6.45, 7) is 2.83. The molecule has 0 amide bonds. The number of benzene rings is 2. The Bertz CT molecular complexity index is 875. The van der Waals surface area contributed by atoms with E-state index < -0.39 is 0 Å². The Hall–Kier alpha value is -1.57. The fraction of sp³-hybridized carbons (Fsp3) is 0.316. The van der Waals surface area contributed by atoms with Crippen LogP contribution in [0.3, 0.4) is 0 Å². The van der Waals surface area contributed by atoms with E-state index in [0.29, 0.717) is 6.04 Å². The second-order valence-corrected chi connectivity index (χ2v) is 8.23. The monoisotopic (exact) mass is 477 g/mol. The topological polar surface area (TPSA) is 64.8 Å². The molecule has 2 aromatic carbocycles. The van der Waals surface area contributed by atoms with Crippen molar-refractivity contribution in [2.75, 3.05) is 30.3 Å². The van der Waals surface area contributed by atoms with Crippen molar-refractivity contribution in [3.63, 3.8) is 0 Å². The highest BCUT2D eigenvalue weighted by Gasteiger charge is 2.21. The summed E-state index contributed by atoms with van der Waals surface area (Å²) in [7, 11) is 0. The maximum absolute atomic E-state index is 4.54. The average Bonchev–Trinajstić information content (AvgIpc) is 3.04. The molecule has 1 atom stereocenters. The molecule has 5 nitrogen and oxygen atoms in total. The lowest BCUT2D eigenvalue weighted by Gasteiger charge is -2.29. The molecule has 1 aromatic heterocycles. The number of para-hydroxylation sites is 2. The zero-order chi connectivity index (χ0) is 17.9. The first kappa shape index (κ1) is 17.8. The molecular formula is C19H21Br2N5. The van der Waals surface area contributed by atoms with Crippen molar-refractivity contribution in [3.8, 4) is 0 Å². The van der Waals surface area contributed by atoms with E-state index in [1.54, 1.807) is 0 Å². The van der Waals surface area contributed by atoms with E-state index in [-0.39, 0.29) is 0 Å². The van der Waals surface area contributed by atoms with Gasteiger partial charge in [0.25, 0.3) is 0 Å². The molecule has 1 aliphatic heterocycles. The zero-order valence-electron chi connectivity index (χ0n) is 14.3. The van der Waals surface area contributed by atoms with Crippen LogP contribution in [0.1, 0.15) is 24.4 Å². The SMILES string of the molecule is Brc1cc(Br)c2c(c1)[C@H](NCCCNc1nc3ccccc3[nH]1)CCN2. The lowest BCUT2D eigenvalue weighted by Crippen LogP contribution is -2.30. The molecule has 7 heteroatoms. The number of halogens is 2. The van der Waals surface area contributed by atoms with E-state index in [2.05, 4.69) is 69.9 Å². The molecule has 4 rings (SSSR count). The molecule has 0 spiro atoms. The van der Waals surface area contributed by atoms with Crippen LogP contribution in [0.15, 0.2) is 45.3 Å². The van der Waals surface area contributed by atoms with Gasteiger partial charge in [-0.25, -0.2) is 4.98 Å². The molecule has 2 heterocycles. The van der Waals surface area contributed by atoms with Crippen LogP contribution in [0.2, 0.25) is 0 Å². The molecule has 0 saturated carbocycles. The maximum atomic E-state index is 4.54.